The third-order valence-corrected chi connectivity index (χ3v) is 7.80. The fraction of sp³-hybridized carbons (Fsp3) is 0.381. The van der Waals surface area contributed by atoms with Gasteiger partial charge in [-0.3, -0.25) is 19.5 Å². The van der Waals surface area contributed by atoms with Crippen LogP contribution in [-0.2, 0) is 20.0 Å². The van der Waals surface area contributed by atoms with Crippen molar-refractivity contribution in [3.05, 3.63) is 47.5 Å². The number of nitrogens with zero attached hydrogens (tertiary/aromatic N) is 2. The molecule has 4 rings (SSSR count). The average molecular weight is 501 g/mol. The molecule has 0 bridgehead atoms. The number of anilines is 2. The molecule has 2 aromatic rings. The number of carbonyl (C=O) groups is 2. The Morgan fingerprint density at radius 3 is 2.38 bits per heavy atom. The van der Waals surface area contributed by atoms with Crippen molar-refractivity contribution < 1.29 is 40.3 Å². The van der Waals surface area contributed by atoms with Crippen molar-refractivity contribution in [2.75, 3.05) is 16.4 Å². The van der Waals surface area contributed by atoms with Gasteiger partial charge in [0.25, 0.3) is 5.91 Å². The summed E-state index contributed by atoms with van der Waals surface area (Å²) in [6.07, 6.45) is -3.10. The van der Waals surface area contributed by atoms with Crippen LogP contribution >= 0.6 is 0 Å². The Morgan fingerprint density at radius 1 is 1.15 bits per heavy atom. The number of hydrogen-bond acceptors (Lipinski definition) is 6. The van der Waals surface area contributed by atoms with Gasteiger partial charge in [-0.15, -0.1) is 13.2 Å². The number of halogens is 4. The maximum atomic E-state index is 15.3. The second-order valence-electron chi connectivity index (χ2n) is 9.09. The number of fused-ring (bicyclic) bond motifs is 1. The van der Waals surface area contributed by atoms with Crippen molar-refractivity contribution in [2.24, 2.45) is 0 Å². The number of rotatable bonds is 4. The fourth-order valence-electron chi connectivity index (χ4n) is 4.24. The van der Waals surface area contributed by atoms with E-state index in [0.717, 1.165) is 29.4 Å². The molecule has 0 atom stereocenters. The topological polar surface area (TPSA) is 106 Å². The number of pyridine rings is 1. The Kier molecular flexibility index (Phi) is 5.20. The molecule has 2 aliphatic rings. The number of ether oxygens (including phenoxy) is 1. The maximum Gasteiger partial charge on any atom is 0.573 e. The monoisotopic (exact) mass is 501 g/mol. The van der Waals surface area contributed by atoms with E-state index in [0.29, 0.717) is 0 Å². The minimum Gasteiger partial charge on any atom is -0.404 e. The van der Waals surface area contributed by atoms with Crippen LogP contribution in [0, 0.1) is 5.82 Å². The van der Waals surface area contributed by atoms with E-state index in [1.54, 1.807) is 6.92 Å². The molecule has 0 aliphatic carbocycles. The van der Waals surface area contributed by atoms with Gasteiger partial charge < -0.3 is 10.1 Å². The molecule has 1 aromatic carbocycles. The van der Waals surface area contributed by atoms with Crippen molar-refractivity contribution in [3.63, 3.8) is 0 Å². The molecule has 0 unspecified atom stereocenters. The second kappa shape index (κ2) is 7.39. The lowest BCUT2D eigenvalue weighted by Crippen LogP contribution is -2.63. The number of sulfone groups is 1. The van der Waals surface area contributed by atoms with Crippen LogP contribution in [-0.4, -0.2) is 48.6 Å². The number of nitrogens with one attached hydrogen (secondary N) is 1. The van der Waals surface area contributed by atoms with E-state index in [2.05, 4.69) is 15.0 Å². The molecular weight excluding hydrogens is 482 g/mol. The number of alkyl halides is 3. The molecule has 1 N–H and O–H groups in total. The zero-order valence-electron chi connectivity index (χ0n) is 18.2. The summed E-state index contributed by atoms with van der Waals surface area (Å²) in [6.45, 7) is 4.52. The van der Waals surface area contributed by atoms with Gasteiger partial charge in [0.05, 0.1) is 46.2 Å². The van der Waals surface area contributed by atoms with Crippen LogP contribution in [0.15, 0.2) is 30.6 Å². The highest BCUT2D eigenvalue weighted by molar-refractivity contribution is 7.93. The number of hydrogen-bond donors (Lipinski definition) is 1. The van der Waals surface area contributed by atoms with E-state index < -0.39 is 50.5 Å². The number of carbonyl (C=O) groups excluding carboxylic acids is 2. The summed E-state index contributed by atoms with van der Waals surface area (Å²) in [5, 5.41) is 2.58. The molecule has 0 spiro atoms. The standard InChI is InChI=1S/C21H19F4N3O5S/c1-19(2)14-4-11(17(29)27-20(3)9-34(31,32)10-20)5-15(22)16(14)28(18(19)30)12-6-13(8-26-7-12)33-21(23,24)25/h4-8H,9-10H2,1-3H3,(H,27,29). The van der Waals surface area contributed by atoms with E-state index in [1.165, 1.54) is 19.9 Å². The molecule has 1 aromatic heterocycles. The lowest BCUT2D eigenvalue weighted by Gasteiger charge is -2.38. The quantitative estimate of drug-likeness (QED) is 0.646. The molecule has 34 heavy (non-hydrogen) atoms. The molecule has 8 nitrogen and oxygen atoms in total. The van der Waals surface area contributed by atoms with Crippen LogP contribution in [0.2, 0.25) is 0 Å². The maximum absolute atomic E-state index is 15.3. The van der Waals surface area contributed by atoms with E-state index in [-0.39, 0.29) is 34.0 Å². The first kappa shape index (κ1) is 23.9. The van der Waals surface area contributed by atoms with Gasteiger partial charge in [0.1, 0.15) is 11.6 Å². The smallest absolute Gasteiger partial charge is 0.404 e. The Labute approximate surface area is 191 Å². The molecule has 2 aliphatic heterocycles. The van der Waals surface area contributed by atoms with Crippen molar-refractivity contribution in [1.82, 2.24) is 10.3 Å². The van der Waals surface area contributed by atoms with Crippen LogP contribution in [0.1, 0.15) is 36.7 Å². The first-order chi connectivity index (χ1) is 15.5. The SMILES string of the molecule is CC1(NC(=O)c2cc(F)c3c(c2)C(C)(C)C(=O)N3c2cncc(OC(F)(F)F)c2)CS(=O)(=O)C1. The molecule has 0 saturated carbocycles. The minimum atomic E-state index is -4.99. The Balaban J connectivity index is 1.72. The van der Waals surface area contributed by atoms with E-state index in [1.807, 2.05) is 0 Å². The van der Waals surface area contributed by atoms with Gasteiger partial charge in [-0.25, -0.2) is 12.8 Å². The first-order valence-electron chi connectivity index (χ1n) is 9.94. The highest BCUT2D eigenvalue weighted by Crippen LogP contribution is 2.47. The van der Waals surface area contributed by atoms with Crippen molar-refractivity contribution in [2.45, 2.75) is 38.1 Å². The summed E-state index contributed by atoms with van der Waals surface area (Å²) in [7, 11) is -3.24. The van der Waals surface area contributed by atoms with Gasteiger partial charge >= 0.3 is 6.36 Å². The summed E-state index contributed by atoms with van der Waals surface area (Å²) < 4.78 is 79.9. The normalized spacial score (nSPS) is 19.9. The average Bonchev–Trinajstić information content (AvgIpc) is 2.85. The Bertz CT molecular complexity index is 1310. The second-order valence-corrected chi connectivity index (χ2v) is 11.2. The third-order valence-electron chi connectivity index (χ3n) is 5.64. The molecule has 13 heteroatoms. The van der Waals surface area contributed by atoms with Crippen LogP contribution in [0.5, 0.6) is 5.75 Å². The van der Waals surface area contributed by atoms with Crippen LogP contribution < -0.4 is 15.0 Å². The lowest BCUT2D eigenvalue weighted by molar-refractivity contribution is -0.274. The van der Waals surface area contributed by atoms with Gasteiger partial charge in [-0.2, -0.15) is 0 Å². The molecule has 2 amide bonds. The van der Waals surface area contributed by atoms with E-state index in [4.69, 9.17) is 0 Å². The molecule has 1 saturated heterocycles. The fourth-order valence-corrected chi connectivity index (χ4v) is 6.24. The summed E-state index contributed by atoms with van der Waals surface area (Å²) in [6, 6.07) is 3.10. The largest absolute Gasteiger partial charge is 0.573 e. The predicted molar refractivity (Wildman–Crippen MR) is 112 cm³/mol. The van der Waals surface area contributed by atoms with Crippen LogP contribution in [0.4, 0.5) is 28.9 Å². The van der Waals surface area contributed by atoms with Crippen molar-refractivity contribution in [3.8, 4) is 5.75 Å². The van der Waals surface area contributed by atoms with Gasteiger partial charge in [0.15, 0.2) is 9.84 Å². The molecule has 182 valence electrons. The van der Waals surface area contributed by atoms with Crippen molar-refractivity contribution in [1.29, 1.82) is 0 Å². The molecule has 3 heterocycles. The van der Waals surface area contributed by atoms with E-state index >= 15 is 4.39 Å². The molecule has 1 fully saturated rings. The number of aromatic nitrogens is 1. The highest BCUT2D eigenvalue weighted by Gasteiger charge is 2.48. The molecular formula is C21H19F4N3O5S. The van der Waals surface area contributed by atoms with Crippen molar-refractivity contribution >= 4 is 33.0 Å². The predicted octanol–water partition coefficient (Wildman–Crippen LogP) is 2.99. The van der Waals surface area contributed by atoms with E-state index in [9.17, 15) is 31.2 Å². The van der Waals surface area contributed by atoms with Crippen LogP contribution in [0.25, 0.3) is 0 Å². The van der Waals surface area contributed by atoms with Gasteiger partial charge in [0.2, 0.25) is 5.91 Å². The summed E-state index contributed by atoms with van der Waals surface area (Å²) in [5.41, 5.74) is -2.70. The number of benzene rings is 1. The summed E-state index contributed by atoms with van der Waals surface area (Å²) >= 11 is 0. The highest BCUT2D eigenvalue weighted by atomic mass is 32.2. The zero-order chi connectivity index (χ0) is 25.3. The van der Waals surface area contributed by atoms with Crippen LogP contribution in [0.3, 0.4) is 0 Å². The summed E-state index contributed by atoms with van der Waals surface area (Å²) in [4.78, 5) is 30.5. The first-order valence-corrected chi connectivity index (χ1v) is 11.8. The van der Waals surface area contributed by atoms with Gasteiger partial charge in [-0.1, -0.05) is 0 Å². The minimum absolute atomic E-state index is 0.128. The summed E-state index contributed by atoms with van der Waals surface area (Å²) in [5.74, 6) is -3.52. The third kappa shape index (κ3) is 4.19. The lowest BCUT2D eigenvalue weighted by atomic mass is 9.85. The van der Waals surface area contributed by atoms with Gasteiger partial charge in [0, 0.05) is 11.6 Å². The molecule has 0 radical (unpaired) electrons. The zero-order valence-corrected chi connectivity index (χ0v) is 19.0. The Morgan fingerprint density at radius 2 is 1.79 bits per heavy atom. The van der Waals surface area contributed by atoms with Gasteiger partial charge in [-0.05, 0) is 38.5 Å². The Hall–Kier alpha value is -3.22. The number of amides is 2.